The van der Waals surface area contributed by atoms with Gasteiger partial charge in [-0.25, -0.2) is 8.42 Å². The lowest BCUT2D eigenvalue weighted by Gasteiger charge is -2.16. The van der Waals surface area contributed by atoms with Gasteiger partial charge in [0.1, 0.15) is 5.75 Å². The molecule has 0 atom stereocenters. The Hall–Kier alpha value is -2.38. The maximum absolute atomic E-state index is 12.1. The van der Waals surface area contributed by atoms with Gasteiger partial charge in [0.25, 0.3) is 0 Å². The highest BCUT2D eigenvalue weighted by Crippen LogP contribution is 2.15. The Labute approximate surface area is 154 Å². The minimum Gasteiger partial charge on any atom is -0.494 e. The van der Waals surface area contributed by atoms with E-state index < -0.39 is 9.84 Å². The zero-order chi connectivity index (χ0) is 19.2. The van der Waals surface area contributed by atoms with Crippen LogP contribution >= 0.6 is 0 Å². The number of sulfone groups is 1. The highest BCUT2D eigenvalue weighted by atomic mass is 32.2. The monoisotopic (exact) mass is 376 g/mol. The Morgan fingerprint density at radius 3 is 2.23 bits per heavy atom. The van der Waals surface area contributed by atoms with Crippen LogP contribution in [0.5, 0.6) is 5.75 Å². The molecule has 1 amide bonds. The van der Waals surface area contributed by atoms with Crippen molar-refractivity contribution >= 4 is 21.4 Å². The lowest BCUT2D eigenvalue weighted by atomic mass is 10.2. The molecule has 2 rings (SSSR count). The van der Waals surface area contributed by atoms with Crippen LogP contribution in [0.1, 0.15) is 12.5 Å². The number of likely N-dealkylation sites (N-methyl/N-ethyl adjacent to an activating group) is 1. The van der Waals surface area contributed by atoms with Crippen LogP contribution in [-0.4, -0.2) is 45.7 Å². The van der Waals surface area contributed by atoms with Crippen LogP contribution < -0.4 is 10.1 Å². The van der Waals surface area contributed by atoms with E-state index in [1.807, 2.05) is 43.1 Å². The van der Waals surface area contributed by atoms with Gasteiger partial charge in [-0.15, -0.1) is 0 Å². The first kappa shape index (κ1) is 19.9. The van der Waals surface area contributed by atoms with E-state index in [9.17, 15) is 13.2 Å². The number of hydrogen-bond acceptors (Lipinski definition) is 5. The molecule has 0 fully saturated rings. The summed E-state index contributed by atoms with van der Waals surface area (Å²) in [7, 11) is -1.37. The number of nitrogens with zero attached hydrogens (tertiary/aromatic N) is 1. The molecule has 2 aromatic carbocycles. The molecule has 0 aliphatic heterocycles. The molecule has 0 saturated carbocycles. The number of hydrogen-bond donors (Lipinski definition) is 1. The fourth-order valence-corrected chi connectivity index (χ4v) is 3.09. The Morgan fingerprint density at radius 1 is 1.08 bits per heavy atom. The number of benzene rings is 2. The summed E-state index contributed by atoms with van der Waals surface area (Å²) in [5.74, 6) is 0.666. The van der Waals surface area contributed by atoms with Crippen LogP contribution in [0.25, 0.3) is 0 Å². The fourth-order valence-electron chi connectivity index (χ4n) is 2.46. The molecule has 0 unspecified atom stereocenters. The van der Waals surface area contributed by atoms with Gasteiger partial charge in [0, 0.05) is 18.5 Å². The molecule has 0 saturated heterocycles. The maximum atomic E-state index is 12.1. The average molecular weight is 376 g/mol. The molecule has 0 radical (unpaired) electrons. The van der Waals surface area contributed by atoms with Gasteiger partial charge in [-0.3, -0.25) is 9.69 Å². The van der Waals surface area contributed by atoms with Gasteiger partial charge < -0.3 is 10.1 Å². The first-order chi connectivity index (χ1) is 12.3. The molecule has 0 bridgehead atoms. The highest BCUT2D eigenvalue weighted by Gasteiger charge is 2.10. The van der Waals surface area contributed by atoms with Gasteiger partial charge in [0.2, 0.25) is 5.91 Å². The van der Waals surface area contributed by atoms with Crippen molar-refractivity contribution in [3.63, 3.8) is 0 Å². The van der Waals surface area contributed by atoms with Gasteiger partial charge >= 0.3 is 0 Å². The van der Waals surface area contributed by atoms with E-state index >= 15 is 0 Å². The average Bonchev–Trinajstić information content (AvgIpc) is 2.56. The quantitative estimate of drug-likeness (QED) is 0.766. The van der Waals surface area contributed by atoms with Crippen molar-refractivity contribution in [1.29, 1.82) is 0 Å². The molecule has 0 aromatic heterocycles. The van der Waals surface area contributed by atoms with E-state index in [0.29, 0.717) is 18.8 Å². The normalized spacial score (nSPS) is 11.4. The summed E-state index contributed by atoms with van der Waals surface area (Å²) in [5, 5.41) is 2.77. The molecule has 7 heteroatoms. The van der Waals surface area contributed by atoms with Crippen molar-refractivity contribution in [3.05, 3.63) is 54.1 Å². The van der Waals surface area contributed by atoms with E-state index in [-0.39, 0.29) is 17.3 Å². The Balaban J connectivity index is 1.86. The smallest absolute Gasteiger partial charge is 0.238 e. The van der Waals surface area contributed by atoms with E-state index in [1.165, 1.54) is 12.1 Å². The molecule has 26 heavy (non-hydrogen) atoms. The summed E-state index contributed by atoms with van der Waals surface area (Å²) < 4.78 is 28.3. The summed E-state index contributed by atoms with van der Waals surface area (Å²) >= 11 is 0. The van der Waals surface area contributed by atoms with E-state index in [4.69, 9.17) is 4.74 Å². The lowest BCUT2D eigenvalue weighted by molar-refractivity contribution is -0.117. The van der Waals surface area contributed by atoms with Crippen molar-refractivity contribution in [2.24, 2.45) is 0 Å². The third kappa shape index (κ3) is 6.16. The van der Waals surface area contributed by atoms with Crippen LogP contribution in [0.4, 0.5) is 5.69 Å². The summed E-state index contributed by atoms with van der Waals surface area (Å²) in [6, 6.07) is 13.9. The molecule has 0 aliphatic rings. The van der Waals surface area contributed by atoms with Crippen molar-refractivity contribution in [1.82, 2.24) is 4.90 Å². The number of anilines is 1. The first-order valence-corrected chi connectivity index (χ1v) is 10.2. The second-order valence-corrected chi connectivity index (χ2v) is 8.11. The molecular formula is C19H24N2O4S. The maximum Gasteiger partial charge on any atom is 0.238 e. The van der Waals surface area contributed by atoms with Crippen molar-refractivity contribution < 1.29 is 17.9 Å². The molecule has 0 aliphatic carbocycles. The summed E-state index contributed by atoms with van der Waals surface area (Å²) in [6.07, 6.45) is 1.15. The first-order valence-electron chi connectivity index (χ1n) is 8.28. The van der Waals surface area contributed by atoms with Gasteiger partial charge in [-0.2, -0.15) is 0 Å². The van der Waals surface area contributed by atoms with Crippen molar-refractivity contribution in [2.75, 3.05) is 31.8 Å². The van der Waals surface area contributed by atoms with E-state index in [1.54, 1.807) is 12.1 Å². The lowest BCUT2D eigenvalue weighted by Crippen LogP contribution is -2.29. The van der Waals surface area contributed by atoms with Crippen LogP contribution in [-0.2, 0) is 21.2 Å². The predicted molar refractivity (Wildman–Crippen MR) is 102 cm³/mol. The molecular weight excluding hydrogens is 352 g/mol. The number of amides is 1. The fraction of sp³-hybridized carbons (Fsp3) is 0.316. The Bertz CT molecular complexity index is 831. The third-order valence-corrected chi connectivity index (χ3v) is 4.80. The Morgan fingerprint density at radius 2 is 1.69 bits per heavy atom. The minimum atomic E-state index is -3.24. The number of ether oxygens (including phenoxy) is 1. The van der Waals surface area contributed by atoms with Crippen molar-refractivity contribution in [2.45, 2.75) is 18.4 Å². The summed E-state index contributed by atoms with van der Waals surface area (Å²) in [6.45, 7) is 3.42. The van der Waals surface area contributed by atoms with E-state index in [0.717, 1.165) is 17.6 Å². The van der Waals surface area contributed by atoms with E-state index in [2.05, 4.69) is 5.32 Å². The van der Waals surface area contributed by atoms with Gasteiger partial charge in [-0.05, 0) is 55.9 Å². The zero-order valence-corrected chi connectivity index (χ0v) is 16.0. The van der Waals surface area contributed by atoms with Crippen LogP contribution in [0.15, 0.2) is 53.4 Å². The highest BCUT2D eigenvalue weighted by molar-refractivity contribution is 7.90. The summed E-state index contributed by atoms with van der Waals surface area (Å²) in [5.41, 5.74) is 1.65. The largest absolute Gasteiger partial charge is 0.494 e. The van der Waals surface area contributed by atoms with Crippen LogP contribution in [0, 0.1) is 0 Å². The number of carbonyl (C=O) groups is 1. The SMILES string of the molecule is CCOc1ccc(CN(C)CC(=O)Nc2ccc(S(C)(=O)=O)cc2)cc1. The van der Waals surface area contributed by atoms with Crippen LogP contribution in [0.2, 0.25) is 0 Å². The number of nitrogens with one attached hydrogen (secondary N) is 1. The topological polar surface area (TPSA) is 75.7 Å². The molecule has 1 N–H and O–H groups in total. The number of rotatable bonds is 8. The standard InChI is InChI=1S/C19H24N2O4S/c1-4-25-17-9-5-15(6-10-17)13-21(2)14-19(22)20-16-7-11-18(12-8-16)26(3,23)24/h5-12H,4,13-14H2,1-3H3,(H,20,22). The molecule has 140 valence electrons. The molecule has 6 nitrogen and oxygen atoms in total. The minimum absolute atomic E-state index is 0.162. The van der Waals surface area contributed by atoms with Gasteiger partial charge in [0.05, 0.1) is 18.0 Å². The second kappa shape index (κ2) is 8.82. The van der Waals surface area contributed by atoms with Gasteiger partial charge in [0.15, 0.2) is 9.84 Å². The van der Waals surface area contributed by atoms with Gasteiger partial charge in [-0.1, -0.05) is 12.1 Å². The third-order valence-electron chi connectivity index (χ3n) is 3.67. The molecule has 2 aromatic rings. The summed E-state index contributed by atoms with van der Waals surface area (Å²) in [4.78, 5) is 14.3. The second-order valence-electron chi connectivity index (χ2n) is 6.09. The van der Waals surface area contributed by atoms with Crippen molar-refractivity contribution in [3.8, 4) is 5.75 Å². The predicted octanol–water partition coefficient (Wildman–Crippen LogP) is 2.56. The van der Waals surface area contributed by atoms with Crippen LogP contribution in [0.3, 0.4) is 0 Å². The number of carbonyl (C=O) groups excluding carboxylic acids is 1. The molecule has 0 heterocycles. The molecule has 0 spiro atoms. The zero-order valence-electron chi connectivity index (χ0n) is 15.2. The Kier molecular flexibility index (Phi) is 6.76.